The number of nitrogen functional groups attached to an aromatic ring is 1. The molecule has 1 aliphatic rings. The number of hydrogen-bond donors (Lipinski definition) is 2. The van der Waals surface area contributed by atoms with Gasteiger partial charge >= 0.3 is 5.97 Å². The smallest absolute Gasteiger partial charge is 0.337 e. The molecule has 8 nitrogen and oxygen atoms in total. The van der Waals surface area contributed by atoms with Gasteiger partial charge < -0.3 is 25.2 Å². The number of esters is 1. The molecule has 2 atom stereocenters. The van der Waals surface area contributed by atoms with Gasteiger partial charge in [-0.1, -0.05) is 24.3 Å². The van der Waals surface area contributed by atoms with E-state index in [4.69, 9.17) is 15.2 Å². The number of carbonyl (C=O) groups is 1. The van der Waals surface area contributed by atoms with E-state index in [-0.39, 0.29) is 18.1 Å². The Hall–Kier alpha value is -3.72. The molecule has 3 aromatic rings. The summed E-state index contributed by atoms with van der Waals surface area (Å²) in [5.41, 5.74) is 8.88. The molecule has 32 heavy (non-hydrogen) atoms. The number of para-hydroxylation sites is 1. The highest BCUT2D eigenvalue weighted by molar-refractivity contribution is 5.89. The fourth-order valence-corrected chi connectivity index (χ4v) is 3.72. The van der Waals surface area contributed by atoms with E-state index in [1.807, 2.05) is 4.90 Å². The molecule has 9 heteroatoms. The first-order valence-electron chi connectivity index (χ1n) is 10.1. The first kappa shape index (κ1) is 21.5. The molecule has 3 N–H and O–H groups in total. The Bertz CT molecular complexity index is 1110. The topological polar surface area (TPSA) is 111 Å². The summed E-state index contributed by atoms with van der Waals surface area (Å²) >= 11 is 0. The predicted molar refractivity (Wildman–Crippen MR) is 117 cm³/mol. The molecule has 1 aromatic heterocycles. The van der Waals surface area contributed by atoms with Crippen molar-refractivity contribution >= 4 is 17.5 Å². The number of halogens is 1. The third-order valence-corrected chi connectivity index (χ3v) is 5.36. The van der Waals surface area contributed by atoms with Crippen LogP contribution in [0.3, 0.4) is 0 Å². The van der Waals surface area contributed by atoms with Crippen LogP contribution in [0.5, 0.6) is 5.75 Å². The summed E-state index contributed by atoms with van der Waals surface area (Å²) in [6.07, 6.45) is -1.12. The molecular formula is C23H23FN4O4. The first-order valence-corrected chi connectivity index (χ1v) is 10.1. The maximum Gasteiger partial charge on any atom is 0.337 e. The molecule has 0 radical (unpaired) electrons. The van der Waals surface area contributed by atoms with Crippen molar-refractivity contribution in [3.63, 3.8) is 0 Å². The lowest BCUT2D eigenvalue weighted by Gasteiger charge is -2.39. The largest absolute Gasteiger partial charge is 0.507 e. The highest BCUT2D eigenvalue weighted by atomic mass is 19.1. The standard InChI is InChI=1S/C23H23FN4O4/c1-31-23(30)15-8-6-14(7-9-15)21-13-28(12-16(11-24)32-21)19-10-18(26-27-22(19)25)17-4-2-3-5-20(17)29/h2-10,16,21,29H,11-13H2,1H3,(H2,25,27)/t16-,21-/m1/s1. The number of aromatic hydroxyl groups is 1. The zero-order chi connectivity index (χ0) is 22.7. The van der Waals surface area contributed by atoms with Crippen molar-refractivity contribution in [3.8, 4) is 17.0 Å². The number of hydrogen-bond acceptors (Lipinski definition) is 8. The summed E-state index contributed by atoms with van der Waals surface area (Å²) in [5.74, 6) is -0.162. The summed E-state index contributed by atoms with van der Waals surface area (Å²) in [5, 5.41) is 18.3. The second-order valence-corrected chi connectivity index (χ2v) is 7.44. The Balaban J connectivity index is 1.64. The lowest BCUT2D eigenvalue weighted by Crippen LogP contribution is -2.45. The fourth-order valence-electron chi connectivity index (χ4n) is 3.72. The molecule has 0 spiro atoms. The van der Waals surface area contributed by atoms with Crippen molar-refractivity contribution in [1.29, 1.82) is 0 Å². The Morgan fingerprint density at radius 1 is 1.22 bits per heavy atom. The number of morpholine rings is 1. The number of benzene rings is 2. The Labute approximate surface area is 184 Å². The Kier molecular flexibility index (Phi) is 6.18. The number of phenolic OH excluding ortho intramolecular Hbond substituents is 1. The second-order valence-electron chi connectivity index (χ2n) is 7.44. The minimum atomic E-state index is -0.671. The summed E-state index contributed by atoms with van der Waals surface area (Å²) in [7, 11) is 1.32. The maximum absolute atomic E-state index is 13.7. The Morgan fingerprint density at radius 3 is 2.66 bits per heavy atom. The molecule has 0 unspecified atom stereocenters. The van der Waals surface area contributed by atoms with Gasteiger partial charge in [0.25, 0.3) is 0 Å². The van der Waals surface area contributed by atoms with Crippen molar-refractivity contribution in [2.24, 2.45) is 0 Å². The van der Waals surface area contributed by atoms with Crippen LogP contribution in [0.15, 0.2) is 54.6 Å². The lowest BCUT2D eigenvalue weighted by molar-refractivity contribution is -0.0380. The van der Waals surface area contributed by atoms with Gasteiger partial charge in [-0.2, -0.15) is 0 Å². The number of ether oxygens (including phenoxy) is 2. The first-order chi connectivity index (χ1) is 15.5. The van der Waals surface area contributed by atoms with E-state index in [0.717, 1.165) is 5.56 Å². The molecule has 0 amide bonds. The third kappa shape index (κ3) is 4.33. The number of aromatic nitrogens is 2. The molecule has 0 bridgehead atoms. The predicted octanol–water partition coefficient (Wildman–Crippen LogP) is 3.13. The summed E-state index contributed by atoms with van der Waals surface area (Å²) in [6, 6.07) is 15.3. The van der Waals surface area contributed by atoms with E-state index in [0.29, 0.717) is 29.1 Å². The number of phenols is 1. The van der Waals surface area contributed by atoms with Crippen LogP contribution in [-0.2, 0) is 9.47 Å². The summed E-state index contributed by atoms with van der Waals surface area (Å²) < 4.78 is 24.3. The molecule has 1 fully saturated rings. The number of nitrogens with two attached hydrogens (primary N) is 1. The molecule has 166 valence electrons. The zero-order valence-corrected chi connectivity index (χ0v) is 17.4. The van der Waals surface area contributed by atoms with Gasteiger partial charge in [-0.15, -0.1) is 10.2 Å². The van der Waals surface area contributed by atoms with Crippen LogP contribution in [0.1, 0.15) is 22.0 Å². The van der Waals surface area contributed by atoms with Crippen LogP contribution in [0, 0.1) is 0 Å². The highest BCUT2D eigenvalue weighted by Crippen LogP contribution is 2.35. The molecule has 2 heterocycles. The quantitative estimate of drug-likeness (QED) is 0.585. The summed E-state index contributed by atoms with van der Waals surface area (Å²) in [6.45, 7) is 0.00547. The van der Waals surface area contributed by atoms with Crippen molar-refractivity contribution in [2.45, 2.75) is 12.2 Å². The van der Waals surface area contributed by atoms with Crippen molar-refractivity contribution in [2.75, 3.05) is 37.5 Å². The average Bonchev–Trinajstić information content (AvgIpc) is 2.84. The lowest BCUT2D eigenvalue weighted by atomic mass is 10.0. The van der Waals surface area contributed by atoms with Crippen molar-refractivity contribution in [3.05, 3.63) is 65.7 Å². The molecule has 2 aromatic carbocycles. The van der Waals surface area contributed by atoms with E-state index < -0.39 is 24.9 Å². The SMILES string of the molecule is COC(=O)c1ccc([C@H]2CN(c3cc(-c4ccccc4O)nnc3N)C[C@@H](CF)O2)cc1. The maximum atomic E-state index is 13.7. The van der Waals surface area contributed by atoms with Crippen molar-refractivity contribution in [1.82, 2.24) is 10.2 Å². The molecule has 0 aliphatic carbocycles. The second kappa shape index (κ2) is 9.19. The van der Waals surface area contributed by atoms with Crippen LogP contribution in [0.4, 0.5) is 15.9 Å². The zero-order valence-electron chi connectivity index (χ0n) is 17.4. The van der Waals surface area contributed by atoms with Gasteiger partial charge in [-0.3, -0.25) is 0 Å². The van der Waals surface area contributed by atoms with Gasteiger partial charge in [0.1, 0.15) is 24.6 Å². The van der Waals surface area contributed by atoms with Crippen LogP contribution in [-0.4, -0.2) is 54.3 Å². The van der Waals surface area contributed by atoms with Gasteiger partial charge in [0.15, 0.2) is 5.82 Å². The normalized spacial score (nSPS) is 18.4. The number of anilines is 2. The minimum absolute atomic E-state index is 0.0738. The third-order valence-electron chi connectivity index (χ3n) is 5.36. The van der Waals surface area contributed by atoms with Gasteiger partial charge in [0.2, 0.25) is 0 Å². The highest BCUT2D eigenvalue weighted by Gasteiger charge is 2.31. The Morgan fingerprint density at radius 2 is 1.97 bits per heavy atom. The number of methoxy groups -OCH3 is 1. The monoisotopic (exact) mass is 438 g/mol. The number of carbonyl (C=O) groups excluding carboxylic acids is 1. The molecule has 0 saturated carbocycles. The molecule has 1 saturated heterocycles. The van der Waals surface area contributed by atoms with Gasteiger partial charge in [-0.05, 0) is 35.9 Å². The van der Waals surface area contributed by atoms with E-state index in [1.54, 1.807) is 54.6 Å². The van der Waals surface area contributed by atoms with Crippen LogP contribution < -0.4 is 10.6 Å². The molecule has 4 rings (SSSR count). The van der Waals surface area contributed by atoms with Gasteiger partial charge in [-0.25, -0.2) is 9.18 Å². The number of alkyl halides is 1. The summed E-state index contributed by atoms with van der Waals surface area (Å²) in [4.78, 5) is 13.6. The van der Waals surface area contributed by atoms with Crippen LogP contribution in [0.25, 0.3) is 11.3 Å². The van der Waals surface area contributed by atoms with E-state index in [1.165, 1.54) is 7.11 Å². The molecule has 1 aliphatic heterocycles. The van der Waals surface area contributed by atoms with Crippen molar-refractivity contribution < 1.29 is 23.8 Å². The minimum Gasteiger partial charge on any atom is -0.507 e. The van der Waals surface area contributed by atoms with E-state index >= 15 is 0 Å². The van der Waals surface area contributed by atoms with Gasteiger partial charge in [0.05, 0.1) is 24.1 Å². The van der Waals surface area contributed by atoms with Crippen LogP contribution in [0.2, 0.25) is 0 Å². The van der Waals surface area contributed by atoms with E-state index in [2.05, 4.69) is 10.2 Å². The van der Waals surface area contributed by atoms with E-state index in [9.17, 15) is 14.3 Å². The fraction of sp³-hybridized carbons (Fsp3) is 0.261. The van der Waals surface area contributed by atoms with Crippen LogP contribution >= 0.6 is 0 Å². The molecular weight excluding hydrogens is 415 g/mol. The number of nitrogens with zero attached hydrogens (tertiary/aromatic N) is 3. The van der Waals surface area contributed by atoms with Gasteiger partial charge in [0, 0.05) is 18.7 Å². The number of rotatable bonds is 5. The average molecular weight is 438 g/mol.